The number of carbonyl (C=O) groups excluding carboxylic acids is 1. The Hall–Kier alpha value is -1.06. The minimum absolute atomic E-state index is 0.235. The monoisotopic (exact) mass is 366 g/mol. The number of hydrogen-bond donors (Lipinski definition) is 1. The first-order chi connectivity index (χ1) is 12.4. The van der Waals surface area contributed by atoms with Gasteiger partial charge in [-0.15, -0.1) is 0 Å². The third kappa shape index (κ3) is 6.28. The van der Waals surface area contributed by atoms with Crippen LogP contribution in [-0.4, -0.2) is 22.6 Å². The fourth-order valence-corrected chi connectivity index (χ4v) is 4.77. The third-order valence-electron chi connectivity index (χ3n) is 6.38. The van der Waals surface area contributed by atoms with Crippen LogP contribution >= 0.6 is 0 Å². The second-order valence-electron chi connectivity index (χ2n) is 8.99. The van der Waals surface area contributed by atoms with E-state index in [1.807, 2.05) is 0 Å². The highest BCUT2D eigenvalue weighted by molar-refractivity contribution is 5.81. The van der Waals surface area contributed by atoms with Gasteiger partial charge in [0.25, 0.3) is 0 Å². The molecule has 0 heterocycles. The maximum Gasteiger partial charge on any atom is 0.310 e. The van der Waals surface area contributed by atoms with Gasteiger partial charge in [0.2, 0.25) is 0 Å². The van der Waals surface area contributed by atoms with Gasteiger partial charge < -0.3 is 9.84 Å². The molecule has 2 saturated carbocycles. The molecule has 0 aromatic heterocycles. The zero-order valence-corrected chi connectivity index (χ0v) is 16.8. The molecule has 0 saturated heterocycles. The van der Waals surface area contributed by atoms with E-state index in [0.29, 0.717) is 12.8 Å². The molecule has 0 aliphatic heterocycles. The molecule has 2 atom stereocenters. The lowest BCUT2D eigenvalue weighted by molar-refractivity contribution is -0.176. The lowest BCUT2D eigenvalue weighted by Gasteiger charge is -2.39. The Morgan fingerprint density at radius 2 is 1.62 bits per heavy atom. The Kier molecular flexibility index (Phi) is 8.43. The number of carboxylic acid groups (broad SMARTS) is 1. The molecule has 2 unspecified atom stereocenters. The smallest absolute Gasteiger partial charge is 0.310 e. The zero-order valence-electron chi connectivity index (χ0n) is 16.8. The largest absolute Gasteiger partial charge is 0.481 e. The molecule has 0 aromatic carbocycles. The Morgan fingerprint density at radius 3 is 2.23 bits per heavy atom. The lowest BCUT2D eigenvalue weighted by atomic mass is 9.78. The average Bonchev–Trinajstić information content (AvgIpc) is 2.62. The molecule has 0 aromatic rings. The van der Waals surface area contributed by atoms with Gasteiger partial charge in [-0.25, -0.2) is 0 Å². The van der Waals surface area contributed by atoms with Crippen molar-refractivity contribution in [3.05, 3.63) is 0 Å². The highest BCUT2D eigenvalue weighted by Gasteiger charge is 2.42. The summed E-state index contributed by atoms with van der Waals surface area (Å²) in [5.74, 6) is -1.32. The summed E-state index contributed by atoms with van der Waals surface area (Å²) in [6.45, 7) is 4.51. The van der Waals surface area contributed by atoms with Gasteiger partial charge >= 0.3 is 11.9 Å². The van der Waals surface area contributed by atoms with Crippen molar-refractivity contribution in [3.8, 4) is 0 Å². The first-order valence-corrected chi connectivity index (χ1v) is 10.9. The molecule has 0 spiro atoms. The maximum atomic E-state index is 12.9. The molecule has 2 aliphatic rings. The topological polar surface area (TPSA) is 63.6 Å². The van der Waals surface area contributed by atoms with Crippen molar-refractivity contribution >= 4 is 11.9 Å². The Bertz CT molecular complexity index is 451. The zero-order chi connectivity index (χ0) is 19.0. The van der Waals surface area contributed by atoms with E-state index in [9.17, 15) is 14.7 Å². The van der Waals surface area contributed by atoms with Crippen LogP contribution in [-0.2, 0) is 14.3 Å². The normalized spacial score (nSPS) is 25.8. The van der Waals surface area contributed by atoms with E-state index >= 15 is 0 Å². The van der Waals surface area contributed by atoms with Gasteiger partial charge in [0.15, 0.2) is 0 Å². The minimum atomic E-state index is -0.835. The van der Waals surface area contributed by atoms with E-state index in [1.54, 1.807) is 0 Å². The van der Waals surface area contributed by atoms with Gasteiger partial charge in [-0.2, -0.15) is 0 Å². The summed E-state index contributed by atoms with van der Waals surface area (Å²) in [4.78, 5) is 24.4. The molecule has 150 valence electrons. The van der Waals surface area contributed by atoms with Crippen LogP contribution in [0.4, 0.5) is 0 Å². The number of esters is 1. The van der Waals surface area contributed by atoms with E-state index < -0.39 is 17.8 Å². The van der Waals surface area contributed by atoms with Crippen LogP contribution in [0.2, 0.25) is 0 Å². The van der Waals surface area contributed by atoms with Crippen LogP contribution in [0.15, 0.2) is 0 Å². The van der Waals surface area contributed by atoms with Crippen LogP contribution in [0.25, 0.3) is 0 Å². The van der Waals surface area contributed by atoms with Crippen LogP contribution in [0.5, 0.6) is 0 Å². The molecule has 4 nitrogen and oxygen atoms in total. The fourth-order valence-electron chi connectivity index (χ4n) is 4.77. The summed E-state index contributed by atoms with van der Waals surface area (Å²) < 4.78 is 6.12. The number of carbonyl (C=O) groups is 2. The SMILES string of the molecule is CC(C)CCCCCC1(OC(=O)C2CCCCC2C(=O)O)CCCCC1. The van der Waals surface area contributed by atoms with Crippen molar-refractivity contribution in [2.45, 2.75) is 109 Å². The quantitative estimate of drug-likeness (QED) is 0.418. The highest BCUT2D eigenvalue weighted by Crippen LogP contribution is 2.39. The predicted molar refractivity (Wildman–Crippen MR) is 103 cm³/mol. The number of unbranched alkanes of at least 4 members (excludes halogenated alkanes) is 2. The van der Waals surface area contributed by atoms with Crippen molar-refractivity contribution in [1.82, 2.24) is 0 Å². The third-order valence-corrected chi connectivity index (χ3v) is 6.38. The summed E-state index contributed by atoms with van der Waals surface area (Å²) in [5.41, 5.74) is -0.326. The molecule has 4 heteroatoms. The summed E-state index contributed by atoms with van der Waals surface area (Å²) in [5, 5.41) is 9.47. The van der Waals surface area contributed by atoms with Gasteiger partial charge in [0, 0.05) is 0 Å². The first kappa shape index (κ1) is 21.2. The van der Waals surface area contributed by atoms with Crippen molar-refractivity contribution < 1.29 is 19.4 Å². The molecule has 26 heavy (non-hydrogen) atoms. The minimum Gasteiger partial charge on any atom is -0.481 e. The van der Waals surface area contributed by atoms with Crippen LogP contribution in [0.1, 0.15) is 104 Å². The summed E-state index contributed by atoms with van der Waals surface area (Å²) in [6, 6.07) is 0. The predicted octanol–water partition coefficient (Wildman–Crippen LogP) is 5.73. The maximum absolute atomic E-state index is 12.9. The van der Waals surface area contributed by atoms with Crippen molar-refractivity contribution in [1.29, 1.82) is 0 Å². The van der Waals surface area contributed by atoms with Gasteiger partial charge in [0.05, 0.1) is 11.8 Å². The Balaban J connectivity index is 1.93. The van der Waals surface area contributed by atoms with Gasteiger partial charge in [-0.05, 0) is 57.3 Å². The second kappa shape index (κ2) is 10.3. The summed E-state index contributed by atoms with van der Waals surface area (Å²) >= 11 is 0. The molecular formula is C22H38O4. The van der Waals surface area contributed by atoms with Gasteiger partial charge in [-0.1, -0.05) is 52.4 Å². The van der Waals surface area contributed by atoms with Gasteiger partial charge in [0.1, 0.15) is 5.60 Å². The fraction of sp³-hybridized carbons (Fsp3) is 0.909. The standard InChI is InChI=1S/C22H38O4/c1-17(2)11-5-3-8-14-22(15-9-4-10-16-22)26-21(25)19-13-7-6-12-18(19)20(23)24/h17-19H,3-16H2,1-2H3,(H,23,24). The molecule has 2 rings (SSSR count). The molecule has 1 N–H and O–H groups in total. The molecule has 2 aliphatic carbocycles. The van der Waals surface area contributed by atoms with E-state index in [4.69, 9.17) is 4.74 Å². The number of carboxylic acids is 1. The molecule has 0 bridgehead atoms. The van der Waals surface area contributed by atoms with Crippen LogP contribution < -0.4 is 0 Å². The molecule has 0 amide bonds. The van der Waals surface area contributed by atoms with E-state index in [0.717, 1.165) is 57.3 Å². The summed E-state index contributed by atoms with van der Waals surface area (Å²) in [7, 11) is 0. The van der Waals surface area contributed by atoms with E-state index in [-0.39, 0.29) is 11.6 Å². The van der Waals surface area contributed by atoms with E-state index in [2.05, 4.69) is 13.8 Å². The van der Waals surface area contributed by atoms with Crippen LogP contribution in [0, 0.1) is 17.8 Å². The van der Waals surface area contributed by atoms with Crippen LogP contribution in [0.3, 0.4) is 0 Å². The number of hydrogen-bond acceptors (Lipinski definition) is 3. The van der Waals surface area contributed by atoms with Crippen molar-refractivity contribution in [3.63, 3.8) is 0 Å². The van der Waals surface area contributed by atoms with E-state index in [1.165, 1.54) is 25.7 Å². The summed E-state index contributed by atoms with van der Waals surface area (Å²) in [6.07, 6.45) is 14.2. The van der Waals surface area contributed by atoms with Crippen molar-refractivity contribution in [2.24, 2.45) is 17.8 Å². The lowest BCUT2D eigenvalue weighted by Crippen LogP contribution is -2.42. The average molecular weight is 367 g/mol. The Morgan fingerprint density at radius 1 is 0.962 bits per heavy atom. The molecular weight excluding hydrogens is 328 g/mol. The Labute approximate surface area is 159 Å². The molecule has 0 radical (unpaired) electrons. The number of ether oxygens (including phenoxy) is 1. The highest BCUT2D eigenvalue weighted by atomic mass is 16.6. The number of rotatable bonds is 9. The molecule has 2 fully saturated rings. The van der Waals surface area contributed by atoms with Gasteiger partial charge in [-0.3, -0.25) is 9.59 Å². The first-order valence-electron chi connectivity index (χ1n) is 10.9. The second-order valence-corrected chi connectivity index (χ2v) is 8.99. The number of aliphatic carboxylic acids is 1. The van der Waals surface area contributed by atoms with Crippen molar-refractivity contribution in [2.75, 3.05) is 0 Å².